The molecule has 0 spiro atoms. The zero-order valence-corrected chi connectivity index (χ0v) is 15.4. The summed E-state index contributed by atoms with van der Waals surface area (Å²) in [4.78, 5) is 12.2. The SMILES string of the molecule is CC(C)(C)S(=O)(=O)N[C@H]1CC[C@H](C(=O)Nc2ccc(F)cc2F)CC1. The molecule has 0 unspecified atom stereocenters. The lowest BCUT2D eigenvalue weighted by atomic mass is 9.86. The molecule has 8 heteroatoms. The van der Waals surface area contributed by atoms with Crippen molar-refractivity contribution in [1.82, 2.24) is 4.72 Å². The number of carbonyl (C=O) groups is 1. The predicted molar refractivity (Wildman–Crippen MR) is 92.5 cm³/mol. The van der Waals surface area contributed by atoms with Crippen LogP contribution in [0.3, 0.4) is 0 Å². The summed E-state index contributed by atoms with van der Waals surface area (Å²) in [7, 11) is -3.43. The number of halogens is 2. The molecule has 0 heterocycles. The highest BCUT2D eigenvalue weighted by molar-refractivity contribution is 7.90. The number of hydrogen-bond donors (Lipinski definition) is 2. The van der Waals surface area contributed by atoms with Crippen LogP contribution in [0.25, 0.3) is 0 Å². The van der Waals surface area contributed by atoms with Crippen LogP contribution in [0, 0.1) is 17.6 Å². The summed E-state index contributed by atoms with van der Waals surface area (Å²) in [6.07, 6.45) is 2.09. The molecule has 0 aromatic heterocycles. The van der Waals surface area contributed by atoms with Gasteiger partial charge in [0, 0.05) is 18.0 Å². The highest BCUT2D eigenvalue weighted by atomic mass is 32.2. The van der Waals surface area contributed by atoms with E-state index in [2.05, 4.69) is 10.0 Å². The number of hydrogen-bond acceptors (Lipinski definition) is 3. The Morgan fingerprint density at radius 2 is 1.72 bits per heavy atom. The lowest BCUT2D eigenvalue weighted by molar-refractivity contribution is -0.120. The maximum absolute atomic E-state index is 13.6. The van der Waals surface area contributed by atoms with Crippen molar-refractivity contribution in [2.75, 3.05) is 5.32 Å². The van der Waals surface area contributed by atoms with Gasteiger partial charge in [0.15, 0.2) is 0 Å². The fourth-order valence-corrected chi connectivity index (χ4v) is 3.72. The first-order chi connectivity index (χ1) is 11.5. The molecule has 1 aromatic carbocycles. The van der Waals surface area contributed by atoms with Crippen molar-refractivity contribution in [2.24, 2.45) is 5.92 Å². The van der Waals surface area contributed by atoms with Gasteiger partial charge >= 0.3 is 0 Å². The predicted octanol–water partition coefficient (Wildman–Crippen LogP) is 3.18. The summed E-state index contributed by atoms with van der Waals surface area (Å²) in [6, 6.07) is 2.78. The van der Waals surface area contributed by atoms with E-state index in [1.165, 1.54) is 6.07 Å². The summed E-state index contributed by atoms with van der Waals surface area (Å²) < 4.78 is 52.7. The first-order valence-electron chi connectivity index (χ1n) is 8.27. The van der Waals surface area contributed by atoms with Crippen LogP contribution in [0.2, 0.25) is 0 Å². The lowest BCUT2D eigenvalue weighted by Crippen LogP contribution is -2.46. The van der Waals surface area contributed by atoms with Gasteiger partial charge in [0.05, 0.1) is 10.4 Å². The maximum Gasteiger partial charge on any atom is 0.227 e. The van der Waals surface area contributed by atoms with E-state index in [9.17, 15) is 22.0 Å². The maximum atomic E-state index is 13.6. The van der Waals surface area contributed by atoms with E-state index in [1.54, 1.807) is 20.8 Å². The van der Waals surface area contributed by atoms with Gasteiger partial charge in [0.25, 0.3) is 0 Å². The third-order valence-corrected chi connectivity index (χ3v) is 6.67. The number of carbonyl (C=O) groups excluding carboxylic acids is 1. The number of rotatable bonds is 4. The standard InChI is InChI=1S/C17H24F2N2O3S/c1-17(2,3)25(23,24)21-13-7-4-11(5-8-13)16(22)20-15-9-6-12(18)10-14(15)19/h6,9-11,13,21H,4-5,7-8H2,1-3H3,(H,20,22)/t11-,13-. The van der Waals surface area contributed by atoms with Crippen molar-refractivity contribution in [1.29, 1.82) is 0 Å². The molecule has 1 saturated carbocycles. The summed E-state index contributed by atoms with van der Waals surface area (Å²) in [5.74, 6) is -2.18. The highest BCUT2D eigenvalue weighted by Gasteiger charge is 2.34. The van der Waals surface area contributed by atoms with Crippen molar-refractivity contribution in [3.8, 4) is 0 Å². The largest absolute Gasteiger partial charge is 0.323 e. The van der Waals surface area contributed by atoms with E-state index >= 15 is 0 Å². The molecule has 1 fully saturated rings. The van der Waals surface area contributed by atoms with Gasteiger partial charge in [-0.1, -0.05) is 0 Å². The molecular weight excluding hydrogens is 350 g/mol. The van der Waals surface area contributed by atoms with Crippen molar-refractivity contribution in [3.63, 3.8) is 0 Å². The van der Waals surface area contributed by atoms with Gasteiger partial charge in [-0.15, -0.1) is 0 Å². The number of sulfonamides is 1. The molecule has 2 N–H and O–H groups in total. The Hall–Kier alpha value is -1.54. The molecule has 0 bridgehead atoms. The highest BCUT2D eigenvalue weighted by Crippen LogP contribution is 2.28. The van der Waals surface area contributed by atoms with E-state index < -0.39 is 26.4 Å². The Morgan fingerprint density at radius 1 is 1.12 bits per heavy atom. The van der Waals surface area contributed by atoms with E-state index in [-0.39, 0.29) is 23.6 Å². The zero-order valence-electron chi connectivity index (χ0n) is 14.6. The van der Waals surface area contributed by atoms with Crippen LogP contribution in [-0.2, 0) is 14.8 Å². The topological polar surface area (TPSA) is 75.3 Å². The molecule has 1 aliphatic carbocycles. The van der Waals surface area contributed by atoms with E-state index in [0.717, 1.165) is 6.07 Å². The van der Waals surface area contributed by atoms with Crippen LogP contribution in [-0.4, -0.2) is 25.1 Å². The van der Waals surface area contributed by atoms with Crippen molar-refractivity contribution in [2.45, 2.75) is 57.2 Å². The van der Waals surface area contributed by atoms with Gasteiger partial charge in [-0.25, -0.2) is 21.9 Å². The normalized spacial score (nSPS) is 21.8. The first-order valence-corrected chi connectivity index (χ1v) is 9.76. The first kappa shape index (κ1) is 19.8. The number of anilines is 1. The van der Waals surface area contributed by atoms with E-state index in [4.69, 9.17) is 0 Å². The van der Waals surface area contributed by atoms with E-state index in [1.807, 2.05) is 0 Å². The molecule has 0 radical (unpaired) electrons. The average molecular weight is 374 g/mol. The molecule has 0 atom stereocenters. The minimum atomic E-state index is -3.43. The number of amides is 1. The molecule has 1 amide bonds. The minimum Gasteiger partial charge on any atom is -0.323 e. The smallest absolute Gasteiger partial charge is 0.227 e. The van der Waals surface area contributed by atoms with Crippen molar-refractivity contribution in [3.05, 3.63) is 29.8 Å². The van der Waals surface area contributed by atoms with Crippen LogP contribution < -0.4 is 10.0 Å². The summed E-state index contributed by atoms with van der Waals surface area (Å²) >= 11 is 0. The Labute approximate surface area is 147 Å². The molecule has 1 aliphatic rings. The van der Waals surface area contributed by atoms with Crippen LogP contribution in [0.4, 0.5) is 14.5 Å². The van der Waals surface area contributed by atoms with E-state index in [0.29, 0.717) is 31.7 Å². The molecule has 0 saturated heterocycles. The van der Waals surface area contributed by atoms with Gasteiger partial charge in [-0.05, 0) is 58.6 Å². The van der Waals surface area contributed by atoms with Crippen LogP contribution >= 0.6 is 0 Å². The molecule has 1 aromatic rings. The Bertz CT molecular complexity index is 737. The second-order valence-electron chi connectivity index (χ2n) is 7.40. The second kappa shape index (κ2) is 7.37. The van der Waals surface area contributed by atoms with Crippen LogP contribution in [0.1, 0.15) is 46.5 Å². The molecule has 25 heavy (non-hydrogen) atoms. The molecule has 140 valence electrons. The molecule has 2 rings (SSSR count). The van der Waals surface area contributed by atoms with Gasteiger partial charge in [0.2, 0.25) is 15.9 Å². The quantitative estimate of drug-likeness (QED) is 0.850. The molecular formula is C17H24F2N2O3S. The summed E-state index contributed by atoms with van der Waals surface area (Å²) in [5.41, 5.74) is -0.0537. The number of nitrogens with one attached hydrogen (secondary N) is 2. The van der Waals surface area contributed by atoms with Crippen molar-refractivity contribution >= 4 is 21.6 Å². The Kier molecular flexibility index (Phi) is 5.83. The zero-order chi connectivity index (χ0) is 18.8. The summed E-state index contributed by atoms with van der Waals surface area (Å²) in [5, 5.41) is 2.48. The third kappa shape index (κ3) is 4.98. The van der Waals surface area contributed by atoms with Crippen LogP contribution in [0.15, 0.2) is 18.2 Å². The number of benzene rings is 1. The van der Waals surface area contributed by atoms with Gasteiger partial charge in [-0.2, -0.15) is 0 Å². The Morgan fingerprint density at radius 3 is 2.24 bits per heavy atom. The van der Waals surface area contributed by atoms with Gasteiger partial charge in [-0.3, -0.25) is 4.79 Å². The fraction of sp³-hybridized carbons (Fsp3) is 0.588. The average Bonchev–Trinajstić information content (AvgIpc) is 2.49. The molecule has 5 nitrogen and oxygen atoms in total. The third-order valence-electron chi connectivity index (χ3n) is 4.41. The minimum absolute atomic E-state index is 0.0537. The van der Waals surface area contributed by atoms with Crippen LogP contribution in [0.5, 0.6) is 0 Å². The monoisotopic (exact) mass is 374 g/mol. The lowest BCUT2D eigenvalue weighted by Gasteiger charge is -2.30. The van der Waals surface area contributed by atoms with Gasteiger partial charge < -0.3 is 5.32 Å². The fourth-order valence-electron chi connectivity index (χ4n) is 2.70. The second-order valence-corrected chi connectivity index (χ2v) is 9.86. The summed E-state index contributed by atoms with van der Waals surface area (Å²) in [6.45, 7) is 4.89. The molecule has 0 aliphatic heterocycles. The Balaban J connectivity index is 1.90. The van der Waals surface area contributed by atoms with Gasteiger partial charge in [0.1, 0.15) is 11.6 Å². The van der Waals surface area contributed by atoms with Crippen molar-refractivity contribution < 1.29 is 22.0 Å².